The average Bonchev–Trinajstić information content (AvgIpc) is 2.64. The molecule has 0 unspecified atom stereocenters. The van der Waals surface area contributed by atoms with E-state index in [-0.39, 0.29) is 22.4 Å². The van der Waals surface area contributed by atoms with Crippen LogP contribution in [-0.4, -0.2) is 16.8 Å². The fourth-order valence-electron chi connectivity index (χ4n) is 6.48. The lowest BCUT2D eigenvalue weighted by atomic mass is 9.49. The van der Waals surface area contributed by atoms with Crippen LogP contribution in [0.2, 0.25) is 0 Å². The third-order valence-electron chi connectivity index (χ3n) is 7.01. The molecule has 28 heavy (non-hydrogen) atoms. The van der Waals surface area contributed by atoms with Gasteiger partial charge in [-0.15, -0.1) is 0 Å². The Kier molecular flexibility index (Phi) is 4.03. The second-order valence-corrected chi connectivity index (χ2v) is 9.19. The van der Waals surface area contributed by atoms with Crippen molar-refractivity contribution < 1.29 is 9.59 Å². The first-order valence-electron chi connectivity index (χ1n) is 10.2. The Bertz CT molecular complexity index is 974. The standard InChI is InChI=1S/C22H25N3O3/c26-19-8-17(16-3-1-2-4-18(16)23-19)21(28)25-24-20(27)12-22-9-13-5-14(10-22)7-15(6-13)11-22/h1-4,8,13-15H,5-7,9-12H2,(H,23,26)(H,24,27)(H,25,28). The van der Waals surface area contributed by atoms with Gasteiger partial charge < -0.3 is 4.98 Å². The molecule has 1 heterocycles. The Morgan fingerprint density at radius 3 is 2.32 bits per heavy atom. The first-order valence-corrected chi connectivity index (χ1v) is 10.2. The number of hydrazine groups is 1. The van der Waals surface area contributed by atoms with Crippen LogP contribution in [0.1, 0.15) is 55.3 Å². The lowest BCUT2D eigenvalue weighted by molar-refractivity contribution is -0.130. The number of nitrogens with one attached hydrogen (secondary N) is 3. The van der Waals surface area contributed by atoms with E-state index in [9.17, 15) is 14.4 Å². The third kappa shape index (κ3) is 3.11. The molecule has 4 saturated carbocycles. The van der Waals surface area contributed by atoms with Crippen molar-refractivity contribution in [2.45, 2.75) is 44.9 Å². The summed E-state index contributed by atoms with van der Waals surface area (Å²) in [5.74, 6) is 1.76. The number of fused-ring (bicyclic) bond motifs is 1. The average molecular weight is 379 g/mol. The summed E-state index contributed by atoms with van der Waals surface area (Å²) in [6.07, 6.45) is 7.96. The molecule has 1 aromatic heterocycles. The van der Waals surface area contributed by atoms with Crippen LogP contribution in [-0.2, 0) is 4.79 Å². The summed E-state index contributed by atoms with van der Waals surface area (Å²) in [6.45, 7) is 0. The van der Waals surface area contributed by atoms with E-state index in [0.717, 1.165) is 37.0 Å². The van der Waals surface area contributed by atoms with E-state index in [1.54, 1.807) is 18.2 Å². The van der Waals surface area contributed by atoms with Crippen molar-refractivity contribution in [1.29, 1.82) is 0 Å². The number of carbonyl (C=O) groups excluding carboxylic acids is 2. The number of para-hydroxylation sites is 1. The monoisotopic (exact) mass is 379 g/mol. The Morgan fingerprint density at radius 2 is 1.64 bits per heavy atom. The van der Waals surface area contributed by atoms with E-state index in [2.05, 4.69) is 15.8 Å². The van der Waals surface area contributed by atoms with E-state index < -0.39 is 5.91 Å². The van der Waals surface area contributed by atoms with E-state index in [0.29, 0.717) is 17.3 Å². The molecule has 0 spiro atoms. The number of aromatic nitrogens is 1. The first-order chi connectivity index (χ1) is 13.5. The number of aromatic amines is 1. The molecule has 0 aliphatic heterocycles. The van der Waals surface area contributed by atoms with Crippen molar-refractivity contribution in [3.8, 4) is 0 Å². The van der Waals surface area contributed by atoms with Crippen LogP contribution < -0.4 is 16.4 Å². The Balaban J connectivity index is 1.26. The number of carbonyl (C=O) groups is 2. The molecule has 4 aliphatic carbocycles. The fourth-order valence-corrected chi connectivity index (χ4v) is 6.48. The number of rotatable bonds is 3. The van der Waals surface area contributed by atoms with Crippen LogP contribution in [0.25, 0.3) is 10.9 Å². The lowest BCUT2D eigenvalue weighted by Gasteiger charge is -2.56. The van der Waals surface area contributed by atoms with Gasteiger partial charge in [-0.3, -0.25) is 25.2 Å². The van der Waals surface area contributed by atoms with E-state index in [4.69, 9.17) is 0 Å². The maximum absolute atomic E-state index is 12.6. The van der Waals surface area contributed by atoms with Crippen LogP contribution in [0.4, 0.5) is 0 Å². The molecule has 4 fully saturated rings. The van der Waals surface area contributed by atoms with Crippen molar-refractivity contribution in [2.24, 2.45) is 23.2 Å². The van der Waals surface area contributed by atoms with Gasteiger partial charge in [0, 0.05) is 23.4 Å². The summed E-state index contributed by atoms with van der Waals surface area (Å²) in [5, 5.41) is 0.648. The van der Waals surface area contributed by atoms with E-state index in [1.165, 1.54) is 25.3 Å². The molecule has 146 valence electrons. The molecule has 6 nitrogen and oxygen atoms in total. The number of hydrogen-bond donors (Lipinski definition) is 3. The quantitative estimate of drug-likeness (QED) is 0.716. The van der Waals surface area contributed by atoms with Gasteiger partial charge >= 0.3 is 0 Å². The van der Waals surface area contributed by atoms with Crippen molar-refractivity contribution >= 4 is 22.7 Å². The van der Waals surface area contributed by atoms with Gasteiger partial charge in [0.15, 0.2) is 0 Å². The highest BCUT2D eigenvalue weighted by atomic mass is 16.2. The van der Waals surface area contributed by atoms with Crippen LogP contribution in [0, 0.1) is 23.2 Å². The zero-order valence-electron chi connectivity index (χ0n) is 15.8. The highest BCUT2D eigenvalue weighted by molar-refractivity contribution is 6.06. The molecular formula is C22H25N3O3. The van der Waals surface area contributed by atoms with Crippen molar-refractivity contribution in [1.82, 2.24) is 15.8 Å². The summed E-state index contributed by atoms with van der Waals surface area (Å²) in [5.41, 5.74) is 5.74. The SMILES string of the molecule is O=C(CC12CC3CC(CC(C3)C1)C2)NNC(=O)c1cc(=O)[nH]c2ccccc12. The molecule has 0 saturated heterocycles. The summed E-state index contributed by atoms with van der Waals surface area (Å²) < 4.78 is 0. The lowest BCUT2D eigenvalue weighted by Crippen LogP contribution is -2.50. The third-order valence-corrected chi connectivity index (χ3v) is 7.01. The number of amides is 2. The molecule has 3 N–H and O–H groups in total. The fraction of sp³-hybridized carbons (Fsp3) is 0.500. The predicted molar refractivity (Wildman–Crippen MR) is 105 cm³/mol. The topological polar surface area (TPSA) is 91.1 Å². The first kappa shape index (κ1) is 17.5. The van der Waals surface area contributed by atoms with E-state index in [1.807, 2.05) is 6.07 Å². The largest absolute Gasteiger partial charge is 0.322 e. The minimum atomic E-state index is -0.471. The molecule has 2 amide bonds. The van der Waals surface area contributed by atoms with Crippen molar-refractivity contribution in [3.63, 3.8) is 0 Å². The Labute approximate surface area is 163 Å². The molecule has 2 aromatic rings. The number of H-pyrrole nitrogens is 1. The zero-order valence-corrected chi connectivity index (χ0v) is 15.8. The zero-order chi connectivity index (χ0) is 19.3. The Hall–Kier alpha value is -2.63. The summed E-state index contributed by atoms with van der Waals surface area (Å²) in [6, 6.07) is 8.40. The summed E-state index contributed by atoms with van der Waals surface area (Å²) >= 11 is 0. The maximum Gasteiger partial charge on any atom is 0.270 e. The molecule has 4 bridgehead atoms. The van der Waals surface area contributed by atoms with Crippen LogP contribution >= 0.6 is 0 Å². The van der Waals surface area contributed by atoms with Gasteiger partial charge in [-0.05, 0) is 67.8 Å². The van der Waals surface area contributed by atoms with Gasteiger partial charge in [0.2, 0.25) is 11.5 Å². The summed E-state index contributed by atoms with van der Waals surface area (Å²) in [7, 11) is 0. The van der Waals surface area contributed by atoms with Gasteiger partial charge in [-0.1, -0.05) is 18.2 Å². The number of benzene rings is 1. The second kappa shape index (κ2) is 6.47. The molecule has 4 aliphatic rings. The van der Waals surface area contributed by atoms with Gasteiger partial charge in [-0.25, -0.2) is 0 Å². The van der Waals surface area contributed by atoms with Gasteiger partial charge in [0.1, 0.15) is 0 Å². The number of pyridine rings is 1. The summed E-state index contributed by atoms with van der Waals surface area (Å²) in [4.78, 5) is 39.8. The second-order valence-electron chi connectivity index (χ2n) is 9.19. The maximum atomic E-state index is 12.6. The minimum absolute atomic E-state index is 0.125. The van der Waals surface area contributed by atoms with Gasteiger partial charge in [-0.2, -0.15) is 0 Å². The predicted octanol–water partition coefficient (Wildman–Crippen LogP) is 2.90. The molecule has 6 heteroatoms. The van der Waals surface area contributed by atoms with Crippen molar-refractivity contribution in [3.05, 3.63) is 46.2 Å². The highest BCUT2D eigenvalue weighted by Crippen LogP contribution is 2.61. The normalized spacial score (nSPS) is 30.4. The molecule has 0 radical (unpaired) electrons. The minimum Gasteiger partial charge on any atom is -0.322 e. The van der Waals surface area contributed by atoms with Crippen LogP contribution in [0.3, 0.4) is 0 Å². The van der Waals surface area contributed by atoms with Crippen molar-refractivity contribution in [2.75, 3.05) is 0 Å². The van der Waals surface area contributed by atoms with Gasteiger partial charge in [0.05, 0.1) is 5.56 Å². The van der Waals surface area contributed by atoms with Crippen LogP contribution in [0.5, 0.6) is 0 Å². The molecule has 6 rings (SSSR count). The van der Waals surface area contributed by atoms with E-state index >= 15 is 0 Å². The molecule has 1 aromatic carbocycles. The number of hydrogen-bond acceptors (Lipinski definition) is 3. The smallest absolute Gasteiger partial charge is 0.270 e. The molecule has 0 atom stereocenters. The Morgan fingerprint density at radius 1 is 1.00 bits per heavy atom. The van der Waals surface area contributed by atoms with Gasteiger partial charge in [0.25, 0.3) is 5.91 Å². The highest BCUT2D eigenvalue weighted by Gasteiger charge is 2.51. The molecular weight excluding hydrogens is 354 g/mol. The van der Waals surface area contributed by atoms with Crippen LogP contribution in [0.15, 0.2) is 35.1 Å².